The highest BCUT2D eigenvalue weighted by Gasteiger charge is 2.29. The first kappa shape index (κ1) is 13.5. The molecule has 0 radical (unpaired) electrons. The molecule has 0 aromatic heterocycles. The maximum atomic E-state index is 13.1. The van der Waals surface area contributed by atoms with Gasteiger partial charge in [0.25, 0.3) is 0 Å². The topological polar surface area (TPSA) is 32.3 Å². The molecule has 1 fully saturated rings. The Morgan fingerprint density at radius 3 is 2.72 bits per heavy atom. The van der Waals surface area contributed by atoms with Gasteiger partial charge in [-0.15, -0.1) is 0 Å². The molecule has 0 saturated heterocycles. The molecular formula is C15H22FNO. The molecule has 1 aromatic carbocycles. The molecule has 2 nitrogen and oxygen atoms in total. The Hall–Kier alpha value is -0.930. The molecule has 1 aromatic rings. The first-order valence-electron chi connectivity index (χ1n) is 6.80. The molecule has 1 saturated carbocycles. The van der Waals surface area contributed by atoms with Crippen molar-refractivity contribution in [3.8, 4) is 0 Å². The lowest BCUT2D eigenvalue weighted by Gasteiger charge is -2.33. The Kier molecular flexibility index (Phi) is 4.36. The predicted octanol–water partition coefficient (Wildman–Crippen LogP) is 3.17. The first-order valence-corrected chi connectivity index (χ1v) is 6.80. The van der Waals surface area contributed by atoms with E-state index >= 15 is 0 Å². The van der Waals surface area contributed by atoms with E-state index < -0.39 is 5.60 Å². The zero-order valence-corrected chi connectivity index (χ0v) is 11.0. The Morgan fingerprint density at radius 2 is 2.06 bits per heavy atom. The molecule has 0 heterocycles. The lowest BCUT2D eigenvalue weighted by Crippen LogP contribution is -2.42. The summed E-state index contributed by atoms with van der Waals surface area (Å²) in [4.78, 5) is 0. The van der Waals surface area contributed by atoms with Gasteiger partial charge in [0.05, 0.1) is 5.60 Å². The van der Waals surface area contributed by atoms with E-state index in [-0.39, 0.29) is 11.9 Å². The lowest BCUT2D eigenvalue weighted by atomic mass is 9.84. The van der Waals surface area contributed by atoms with E-state index in [1.54, 1.807) is 12.1 Å². The fourth-order valence-corrected chi connectivity index (χ4v) is 2.62. The van der Waals surface area contributed by atoms with Crippen LogP contribution in [0.5, 0.6) is 0 Å². The summed E-state index contributed by atoms with van der Waals surface area (Å²) in [6.45, 7) is 2.59. The lowest BCUT2D eigenvalue weighted by molar-refractivity contribution is 0.00300. The van der Waals surface area contributed by atoms with Crippen LogP contribution in [0.25, 0.3) is 0 Å². The number of hydrogen-bond donors (Lipinski definition) is 2. The third kappa shape index (κ3) is 3.53. The fraction of sp³-hybridized carbons (Fsp3) is 0.600. The third-order valence-corrected chi connectivity index (χ3v) is 3.87. The molecule has 18 heavy (non-hydrogen) atoms. The van der Waals surface area contributed by atoms with E-state index in [4.69, 9.17) is 0 Å². The van der Waals surface area contributed by atoms with Crippen molar-refractivity contribution in [1.29, 1.82) is 0 Å². The summed E-state index contributed by atoms with van der Waals surface area (Å²) in [6, 6.07) is 6.68. The van der Waals surface area contributed by atoms with Gasteiger partial charge in [-0.1, -0.05) is 31.4 Å². The molecule has 2 N–H and O–H groups in total. The molecule has 0 spiro atoms. The summed E-state index contributed by atoms with van der Waals surface area (Å²) in [5.74, 6) is -0.211. The molecule has 1 aliphatic rings. The van der Waals surface area contributed by atoms with Crippen molar-refractivity contribution in [3.05, 3.63) is 35.6 Å². The van der Waals surface area contributed by atoms with E-state index in [0.29, 0.717) is 6.54 Å². The van der Waals surface area contributed by atoms with Crippen LogP contribution in [0.4, 0.5) is 4.39 Å². The van der Waals surface area contributed by atoms with E-state index in [0.717, 1.165) is 31.2 Å². The van der Waals surface area contributed by atoms with Crippen molar-refractivity contribution in [1.82, 2.24) is 5.32 Å². The van der Waals surface area contributed by atoms with Gasteiger partial charge in [-0.05, 0) is 37.5 Å². The second-order valence-corrected chi connectivity index (χ2v) is 5.44. The minimum absolute atomic E-state index is 0.0617. The highest BCUT2D eigenvalue weighted by atomic mass is 19.1. The number of nitrogens with one attached hydrogen (secondary N) is 1. The van der Waals surface area contributed by atoms with Gasteiger partial charge in [0, 0.05) is 12.6 Å². The van der Waals surface area contributed by atoms with Crippen LogP contribution in [0, 0.1) is 5.82 Å². The molecule has 1 atom stereocenters. The van der Waals surface area contributed by atoms with Crippen LogP contribution in [-0.4, -0.2) is 17.3 Å². The molecule has 0 bridgehead atoms. The smallest absolute Gasteiger partial charge is 0.123 e. The van der Waals surface area contributed by atoms with Gasteiger partial charge in [0.1, 0.15) is 5.82 Å². The molecule has 0 aliphatic heterocycles. The molecule has 2 rings (SSSR count). The molecule has 0 unspecified atom stereocenters. The summed E-state index contributed by atoms with van der Waals surface area (Å²) in [7, 11) is 0. The number of halogens is 1. The third-order valence-electron chi connectivity index (χ3n) is 3.87. The Bertz CT molecular complexity index is 388. The van der Waals surface area contributed by atoms with Crippen LogP contribution >= 0.6 is 0 Å². The van der Waals surface area contributed by atoms with Crippen molar-refractivity contribution in [2.75, 3.05) is 6.54 Å². The molecule has 100 valence electrons. The van der Waals surface area contributed by atoms with Crippen molar-refractivity contribution >= 4 is 0 Å². The van der Waals surface area contributed by atoms with E-state index in [2.05, 4.69) is 5.32 Å². The summed E-state index contributed by atoms with van der Waals surface area (Å²) in [5, 5.41) is 13.7. The minimum atomic E-state index is -0.570. The SMILES string of the molecule is C[C@@H](NCC1(O)CCCCC1)c1cccc(F)c1. The number of hydrogen-bond acceptors (Lipinski definition) is 2. The Morgan fingerprint density at radius 1 is 1.33 bits per heavy atom. The normalized spacial score (nSPS) is 20.6. The largest absolute Gasteiger partial charge is 0.389 e. The number of aliphatic hydroxyl groups is 1. The molecular weight excluding hydrogens is 229 g/mol. The van der Waals surface area contributed by atoms with E-state index in [9.17, 15) is 9.50 Å². The second kappa shape index (κ2) is 5.81. The number of rotatable bonds is 4. The van der Waals surface area contributed by atoms with Crippen LogP contribution in [0.3, 0.4) is 0 Å². The maximum absolute atomic E-state index is 13.1. The van der Waals surface area contributed by atoms with Crippen LogP contribution in [-0.2, 0) is 0 Å². The standard InChI is InChI=1S/C15H22FNO/c1-12(13-6-5-7-14(16)10-13)17-11-15(18)8-3-2-4-9-15/h5-7,10,12,17-18H,2-4,8-9,11H2,1H3/t12-/m1/s1. The zero-order chi connectivity index (χ0) is 13.0. The monoisotopic (exact) mass is 251 g/mol. The van der Waals surface area contributed by atoms with Crippen LogP contribution < -0.4 is 5.32 Å². The van der Waals surface area contributed by atoms with Crippen molar-refractivity contribution in [2.45, 2.75) is 50.7 Å². The quantitative estimate of drug-likeness (QED) is 0.861. The van der Waals surface area contributed by atoms with Gasteiger partial charge < -0.3 is 10.4 Å². The minimum Gasteiger partial charge on any atom is -0.389 e. The van der Waals surface area contributed by atoms with Crippen molar-refractivity contribution < 1.29 is 9.50 Å². The fourth-order valence-electron chi connectivity index (χ4n) is 2.62. The molecule has 1 aliphatic carbocycles. The molecule has 3 heteroatoms. The number of benzene rings is 1. The average molecular weight is 251 g/mol. The second-order valence-electron chi connectivity index (χ2n) is 5.44. The molecule has 0 amide bonds. The van der Waals surface area contributed by atoms with Crippen LogP contribution in [0.15, 0.2) is 24.3 Å². The van der Waals surface area contributed by atoms with Gasteiger partial charge >= 0.3 is 0 Å². The zero-order valence-electron chi connectivity index (χ0n) is 11.0. The first-order chi connectivity index (χ1) is 8.59. The highest BCUT2D eigenvalue weighted by Crippen LogP contribution is 2.28. The van der Waals surface area contributed by atoms with E-state index in [1.165, 1.54) is 12.5 Å². The Balaban J connectivity index is 1.89. The van der Waals surface area contributed by atoms with Gasteiger partial charge in [0.15, 0.2) is 0 Å². The van der Waals surface area contributed by atoms with Crippen LogP contribution in [0.2, 0.25) is 0 Å². The van der Waals surface area contributed by atoms with Gasteiger partial charge in [-0.25, -0.2) is 4.39 Å². The van der Waals surface area contributed by atoms with Crippen LogP contribution in [0.1, 0.15) is 50.6 Å². The summed E-state index contributed by atoms with van der Waals surface area (Å²) in [5.41, 5.74) is 0.356. The van der Waals surface area contributed by atoms with Gasteiger partial charge in [-0.2, -0.15) is 0 Å². The van der Waals surface area contributed by atoms with Gasteiger partial charge in [0.2, 0.25) is 0 Å². The van der Waals surface area contributed by atoms with Crippen molar-refractivity contribution in [3.63, 3.8) is 0 Å². The summed E-state index contributed by atoms with van der Waals surface area (Å²) >= 11 is 0. The van der Waals surface area contributed by atoms with Gasteiger partial charge in [-0.3, -0.25) is 0 Å². The predicted molar refractivity (Wildman–Crippen MR) is 70.9 cm³/mol. The summed E-state index contributed by atoms with van der Waals surface area (Å²) < 4.78 is 13.1. The summed E-state index contributed by atoms with van der Waals surface area (Å²) in [6.07, 6.45) is 5.17. The highest BCUT2D eigenvalue weighted by molar-refractivity contribution is 5.19. The van der Waals surface area contributed by atoms with E-state index in [1.807, 2.05) is 13.0 Å². The maximum Gasteiger partial charge on any atom is 0.123 e. The van der Waals surface area contributed by atoms with Crippen molar-refractivity contribution in [2.24, 2.45) is 0 Å². The average Bonchev–Trinajstić information content (AvgIpc) is 2.37. The Labute approximate surface area is 108 Å².